The number of piperidine rings is 1. The summed E-state index contributed by atoms with van der Waals surface area (Å²) < 4.78 is 11.1. The smallest absolute Gasteiger partial charge is 0.118 e. The highest BCUT2D eigenvalue weighted by Crippen LogP contribution is 2.17. The molecular formula is C16H28N2O2. The third-order valence-corrected chi connectivity index (χ3v) is 3.84. The second-order valence-corrected chi connectivity index (χ2v) is 6.16. The molecular weight excluding hydrogens is 252 g/mol. The highest BCUT2D eigenvalue weighted by Gasteiger charge is 2.19. The number of hydrogen-bond acceptors (Lipinski definition) is 4. The van der Waals surface area contributed by atoms with Gasteiger partial charge in [-0.1, -0.05) is 13.8 Å². The van der Waals surface area contributed by atoms with E-state index < -0.39 is 0 Å². The lowest BCUT2D eigenvalue weighted by Gasteiger charge is -2.30. The summed E-state index contributed by atoms with van der Waals surface area (Å²) >= 11 is 0. The maximum atomic E-state index is 5.67. The Labute approximate surface area is 122 Å². The molecule has 0 saturated carbocycles. The number of likely N-dealkylation sites (tertiary alicyclic amines) is 1. The molecule has 0 aliphatic carbocycles. The van der Waals surface area contributed by atoms with Crippen LogP contribution in [-0.4, -0.2) is 37.7 Å². The van der Waals surface area contributed by atoms with Gasteiger partial charge in [0.2, 0.25) is 0 Å². The summed E-state index contributed by atoms with van der Waals surface area (Å²) in [6.07, 6.45) is 4.57. The van der Waals surface area contributed by atoms with E-state index in [1.165, 1.54) is 5.56 Å². The Morgan fingerprint density at radius 1 is 1.40 bits per heavy atom. The molecule has 0 amide bonds. The van der Waals surface area contributed by atoms with Gasteiger partial charge in [0.15, 0.2) is 0 Å². The summed E-state index contributed by atoms with van der Waals surface area (Å²) in [4.78, 5) is 2.44. The zero-order chi connectivity index (χ0) is 14.4. The average Bonchev–Trinajstić information content (AvgIpc) is 2.87. The van der Waals surface area contributed by atoms with Gasteiger partial charge >= 0.3 is 0 Å². The van der Waals surface area contributed by atoms with Crippen molar-refractivity contribution in [3.63, 3.8) is 0 Å². The highest BCUT2D eigenvalue weighted by molar-refractivity contribution is 5.12. The van der Waals surface area contributed by atoms with Crippen LogP contribution in [0.4, 0.5) is 0 Å². The maximum absolute atomic E-state index is 5.67. The van der Waals surface area contributed by atoms with Crippen LogP contribution in [0.3, 0.4) is 0 Å². The Hall–Kier alpha value is -0.840. The predicted octanol–water partition coefficient (Wildman–Crippen LogP) is 2.64. The molecule has 0 aromatic carbocycles. The summed E-state index contributed by atoms with van der Waals surface area (Å²) in [6.45, 7) is 9.49. The minimum Gasteiger partial charge on any atom is -0.468 e. The van der Waals surface area contributed by atoms with Crippen molar-refractivity contribution >= 4 is 0 Å². The molecule has 114 valence electrons. The van der Waals surface area contributed by atoms with Crippen LogP contribution in [0.15, 0.2) is 16.7 Å². The quantitative estimate of drug-likeness (QED) is 0.833. The summed E-state index contributed by atoms with van der Waals surface area (Å²) in [5, 5.41) is 3.44. The van der Waals surface area contributed by atoms with E-state index in [0.717, 1.165) is 51.3 Å². The summed E-state index contributed by atoms with van der Waals surface area (Å²) in [5.74, 6) is 1.76. The fourth-order valence-corrected chi connectivity index (χ4v) is 2.63. The van der Waals surface area contributed by atoms with Gasteiger partial charge in [-0.15, -0.1) is 0 Å². The van der Waals surface area contributed by atoms with E-state index in [9.17, 15) is 0 Å². The number of methoxy groups -OCH3 is 1. The van der Waals surface area contributed by atoms with Gasteiger partial charge in [-0.05, 0) is 31.4 Å². The first kappa shape index (κ1) is 15.5. The average molecular weight is 280 g/mol. The van der Waals surface area contributed by atoms with E-state index in [1.807, 2.05) is 13.4 Å². The van der Waals surface area contributed by atoms with Crippen molar-refractivity contribution in [3.8, 4) is 0 Å². The minimum atomic E-state index is 0.443. The van der Waals surface area contributed by atoms with Gasteiger partial charge in [0.05, 0.1) is 18.9 Å². The molecule has 1 fully saturated rings. The van der Waals surface area contributed by atoms with Crippen molar-refractivity contribution in [2.45, 2.75) is 45.9 Å². The Balaban J connectivity index is 1.72. The van der Waals surface area contributed by atoms with Gasteiger partial charge in [-0.2, -0.15) is 0 Å². The van der Waals surface area contributed by atoms with Crippen molar-refractivity contribution in [1.29, 1.82) is 0 Å². The van der Waals surface area contributed by atoms with E-state index in [-0.39, 0.29) is 0 Å². The van der Waals surface area contributed by atoms with E-state index in [4.69, 9.17) is 9.15 Å². The maximum Gasteiger partial charge on any atom is 0.118 e. The molecule has 0 atom stereocenters. The van der Waals surface area contributed by atoms with Crippen molar-refractivity contribution < 1.29 is 9.15 Å². The normalized spacial score (nSPS) is 18.0. The van der Waals surface area contributed by atoms with Crippen LogP contribution in [0.2, 0.25) is 0 Å². The van der Waals surface area contributed by atoms with Crippen LogP contribution >= 0.6 is 0 Å². The van der Waals surface area contributed by atoms with Gasteiger partial charge in [0.25, 0.3) is 0 Å². The molecule has 1 aromatic heterocycles. The summed E-state index contributed by atoms with van der Waals surface area (Å²) in [5.41, 5.74) is 1.24. The van der Waals surface area contributed by atoms with E-state index >= 15 is 0 Å². The third-order valence-electron chi connectivity index (χ3n) is 3.84. The summed E-state index contributed by atoms with van der Waals surface area (Å²) in [7, 11) is 1.81. The number of furan rings is 1. The molecule has 2 rings (SSSR count). The van der Waals surface area contributed by atoms with Gasteiger partial charge < -0.3 is 14.5 Å². The zero-order valence-corrected chi connectivity index (χ0v) is 13.0. The largest absolute Gasteiger partial charge is 0.468 e. The lowest BCUT2D eigenvalue weighted by molar-refractivity contribution is 0.0370. The number of nitrogens with zero attached hydrogens (tertiary/aromatic N) is 1. The fraction of sp³-hybridized carbons (Fsp3) is 0.750. The predicted molar refractivity (Wildman–Crippen MR) is 80.6 cm³/mol. The first-order valence-corrected chi connectivity index (χ1v) is 7.69. The first-order valence-electron chi connectivity index (χ1n) is 7.69. The van der Waals surface area contributed by atoms with Gasteiger partial charge in [-0.25, -0.2) is 0 Å². The molecule has 2 heterocycles. The minimum absolute atomic E-state index is 0.443. The van der Waals surface area contributed by atoms with Crippen molar-refractivity contribution in [2.75, 3.05) is 26.7 Å². The van der Waals surface area contributed by atoms with Crippen LogP contribution in [0.1, 0.15) is 38.0 Å². The molecule has 1 aromatic rings. The van der Waals surface area contributed by atoms with Gasteiger partial charge in [0.1, 0.15) is 5.76 Å². The first-order chi connectivity index (χ1) is 9.67. The van der Waals surface area contributed by atoms with Crippen LogP contribution in [0.25, 0.3) is 0 Å². The lowest BCUT2D eigenvalue weighted by atomic mass is 10.1. The Bertz CT molecular complexity index is 382. The van der Waals surface area contributed by atoms with Crippen LogP contribution in [0, 0.1) is 5.92 Å². The highest BCUT2D eigenvalue weighted by atomic mass is 16.5. The van der Waals surface area contributed by atoms with Crippen LogP contribution in [-0.2, 0) is 17.8 Å². The van der Waals surface area contributed by atoms with Gasteiger partial charge in [-0.3, -0.25) is 4.90 Å². The third kappa shape index (κ3) is 4.93. The Morgan fingerprint density at radius 2 is 2.15 bits per heavy atom. The standard InChI is InChI=1S/C16H28N2O2/c1-13(2)9-17-10-14-8-16(20-12-14)11-18-6-4-15(19-3)5-7-18/h8,12-13,15,17H,4-7,9-11H2,1-3H3. The number of hydrogen-bond donors (Lipinski definition) is 1. The molecule has 1 saturated heterocycles. The van der Waals surface area contributed by atoms with Crippen LogP contribution in [0.5, 0.6) is 0 Å². The fourth-order valence-electron chi connectivity index (χ4n) is 2.63. The molecule has 0 radical (unpaired) electrons. The second-order valence-electron chi connectivity index (χ2n) is 6.16. The number of ether oxygens (including phenoxy) is 1. The van der Waals surface area contributed by atoms with E-state index in [0.29, 0.717) is 12.0 Å². The SMILES string of the molecule is COC1CCN(Cc2cc(CNCC(C)C)co2)CC1. The lowest BCUT2D eigenvalue weighted by Crippen LogP contribution is -2.36. The van der Waals surface area contributed by atoms with Gasteiger partial charge in [0, 0.05) is 32.3 Å². The molecule has 1 aliphatic heterocycles. The molecule has 4 nitrogen and oxygen atoms in total. The molecule has 0 spiro atoms. The Kier molecular flexibility index (Phi) is 6.07. The Morgan fingerprint density at radius 3 is 2.80 bits per heavy atom. The molecule has 4 heteroatoms. The van der Waals surface area contributed by atoms with E-state index in [2.05, 4.69) is 30.1 Å². The molecule has 0 bridgehead atoms. The van der Waals surface area contributed by atoms with Crippen molar-refractivity contribution in [3.05, 3.63) is 23.7 Å². The van der Waals surface area contributed by atoms with E-state index in [1.54, 1.807) is 0 Å². The molecule has 20 heavy (non-hydrogen) atoms. The van der Waals surface area contributed by atoms with Crippen LogP contribution < -0.4 is 5.32 Å². The van der Waals surface area contributed by atoms with Crippen molar-refractivity contribution in [2.24, 2.45) is 5.92 Å². The summed E-state index contributed by atoms with van der Waals surface area (Å²) in [6, 6.07) is 2.18. The number of rotatable bonds is 7. The zero-order valence-electron chi connectivity index (χ0n) is 13.0. The molecule has 0 unspecified atom stereocenters. The topological polar surface area (TPSA) is 37.6 Å². The second kappa shape index (κ2) is 7.81. The monoisotopic (exact) mass is 280 g/mol. The molecule has 1 N–H and O–H groups in total. The van der Waals surface area contributed by atoms with Crippen molar-refractivity contribution in [1.82, 2.24) is 10.2 Å². The molecule has 1 aliphatic rings. The number of nitrogens with one attached hydrogen (secondary N) is 1.